The Bertz CT molecular complexity index is 2200. The van der Waals surface area contributed by atoms with Gasteiger partial charge in [0.05, 0.1) is 23.1 Å². The molecule has 51 heavy (non-hydrogen) atoms. The first-order valence-corrected chi connectivity index (χ1v) is 18.4. The number of hydrogen-bond donors (Lipinski definition) is 0. The quantitative estimate of drug-likeness (QED) is 0.0650. The lowest BCUT2D eigenvalue weighted by atomic mass is 9.61. The van der Waals surface area contributed by atoms with Crippen molar-refractivity contribution in [3.05, 3.63) is 150 Å². The van der Waals surface area contributed by atoms with Crippen LogP contribution in [0.4, 0.5) is 0 Å². The summed E-state index contributed by atoms with van der Waals surface area (Å²) in [5, 5.41) is 0.428. The molecule has 2 aliphatic rings. The summed E-state index contributed by atoms with van der Waals surface area (Å²) in [6.45, 7) is 6.24. The lowest BCUT2D eigenvalue weighted by Gasteiger charge is -2.50. The Hall–Kier alpha value is -5.32. The number of piperidine rings is 1. The van der Waals surface area contributed by atoms with E-state index in [9.17, 15) is 18.0 Å². The second-order valence-electron chi connectivity index (χ2n) is 13.0. The number of carbonyl (C=O) groups excluding carboxylic acids is 3. The van der Waals surface area contributed by atoms with Gasteiger partial charge in [-0.2, -0.15) is 0 Å². The lowest BCUT2D eigenvalue weighted by Crippen LogP contribution is -2.64. The topological polar surface area (TPSA) is 112 Å². The van der Waals surface area contributed by atoms with E-state index in [0.717, 1.165) is 15.1 Å². The Morgan fingerprint density at radius 2 is 1.57 bits per heavy atom. The second-order valence-corrected chi connectivity index (χ2v) is 14.8. The fraction of sp³-hybridized carbons (Fsp3) is 0.244. The van der Waals surface area contributed by atoms with Crippen LogP contribution in [-0.4, -0.2) is 48.3 Å². The third kappa shape index (κ3) is 5.59. The Morgan fingerprint density at radius 3 is 2.22 bits per heavy atom. The molecule has 7 rings (SSSR count). The molecule has 1 aromatic heterocycles. The van der Waals surface area contributed by atoms with E-state index in [1.807, 2.05) is 67.6 Å². The van der Waals surface area contributed by atoms with Crippen LogP contribution in [0.15, 0.2) is 133 Å². The van der Waals surface area contributed by atoms with Crippen LogP contribution in [-0.2, 0) is 42.1 Å². The van der Waals surface area contributed by atoms with Crippen LogP contribution in [0.3, 0.4) is 0 Å². The number of aldehydes is 1. The molecule has 0 spiro atoms. The predicted molar refractivity (Wildman–Crippen MR) is 192 cm³/mol. The average molecular weight is 703 g/mol. The van der Waals surface area contributed by atoms with Gasteiger partial charge < -0.3 is 14.4 Å². The monoisotopic (exact) mass is 702 g/mol. The number of amides is 1. The Balaban J connectivity index is 1.45. The van der Waals surface area contributed by atoms with Crippen molar-refractivity contribution in [2.24, 2.45) is 17.3 Å². The number of fused-ring (bicyclic) bond motifs is 2. The van der Waals surface area contributed by atoms with Gasteiger partial charge in [-0.3, -0.25) is 14.4 Å². The van der Waals surface area contributed by atoms with Gasteiger partial charge >= 0.3 is 5.97 Å². The van der Waals surface area contributed by atoms with Gasteiger partial charge in [-0.25, -0.2) is 12.4 Å². The van der Waals surface area contributed by atoms with Crippen LogP contribution in [0.25, 0.3) is 10.9 Å². The van der Waals surface area contributed by atoms with E-state index in [0.29, 0.717) is 18.1 Å². The zero-order valence-corrected chi connectivity index (χ0v) is 28.9. The van der Waals surface area contributed by atoms with Gasteiger partial charge in [0.15, 0.2) is 11.7 Å². The van der Waals surface area contributed by atoms with E-state index in [1.165, 1.54) is 12.1 Å². The van der Waals surface area contributed by atoms with Crippen LogP contribution in [0.2, 0.25) is 0 Å². The normalized spacial score (nSPS) is 23.2. The van der Waals surface area contributed by atoms with Gasteiger partial charge in [0.1, 0.15) is 18.5 Å². The number of allylic oxidation sites excluding steroid dienone is 1. The highest BCUT2D eigenvalue weighted by Crippen LogP contribution is 2.53. The second kappa shape index (κ2) is 13.8. The number of aromatic nitrogens is 1. The van der Waals surface area contributed by atoms with Crippen molar-refractivity contribution in [1.29, 1.82) is 0 Å². The van der Waals surface area contributed by atoms with E-state index >= 15 is 4.79 Å². The van der Waals surface area contributed by atoms with E-state index in [-0.39, 0.29) is 47.2 Å². The maximum absolute atomic E-state index is 15.4. The number of esters is 1. The number of carbonyl (C=O) groups is 3. The fourth-order valence-electron chi connectivity index (χ4n) is 7.97. The molecule has 2 fully saturated rings. The molecule has 260 valence electrons. The van der Waals surface area contributed by atoms with Crippen molar-refractivity contribution in [2.75, 3.05) is 6.61 Å². The summed E-state index contributed by atoms with van der Waals surface area (Å²) < 4.78 is 41.9. The van der Waals surface area contributed by atoms with Crippen LogP contribution in [0, 0.1) is 17.3 Å². The summed E-state index contributed by atoms with van der Waals surface area (Å²) in [4.78, 5) is 45.2. The summed E-state index contributed by atoms with van der Waals surface area (Å²) >= 11 is 0. The Labute approximate surface area is 297 Å². The highest BCUT2D eigenvalue weighted by atomic mass is 32.2. The highest BCUT2D eigenvalue weighted by Gasteiger charge is 2.65. The zero-order valence-electron chi connectivity index (χ0n) is 28.1. The first-order chi connectivity index (χ1) is 24.8. The summed E-state index contributed by atoms with van der Waals surface area (Å²) in [5.74, 6) is -2.47. The summed E-state index contributed by atoms with van der Waals surface area (Å²) in [5.41, 5.74) is -0.0140. The molecule has 0 aliphatic carbocycles. The molecule has 0 bridgehead atoms. The third-order valence-corrected chi connectivity index (χ3v) is 12.1. The zero-order chi connectivity index (χ0) is 35.8. The Kier molecular flexibility index (Phi) is 9.22. The van der Waals surface area contributed by atoms with Crippen molar-refractivity contribution in [3.63, 3.8) is 0 Å². The molecule has 2 saturated heterocycles. The van der Waals surface area contributed by atoms with Gasteiger partial charge in [-0.05, 0) is 41.3 Å². The van der Waals surface area contributed by atoms with Gasteiger partial charge in [-0.1, -0.05) is 110 Å². The minimum Gasteiger partial charge on any atom is -0.460 e. The summed E-state index contributed by atoms with van der Waals surface area (Å²) in [6, 6.07) is 32.8. The molecule has 0 saturated carbocycles. The number of benzene rings is 4. The van der Waals surface area contributed by atoms with Crippen LogP contribution < -0.4 is 0 Å². The molecule has 5 atom stereocenters. The molecular weight excluding hydrogens is 665 g/mol. The van der Waals surface area contributed by atoms with Crippen molar-refractivity contribution >= 4 is 39.1 Å². The maximum Gasteiger partial charge on any atom is 0.322 e. The summed E-state index contributed by atoms with van der Waals surface area (Å²) in [6.07, 6.45) is 1.68. The fourth-order valence-corrected chi connectivity index (χ4v) is 9.51. The first-order valence-electron chi connectivity index (χ1n) is 17.0. The van der Waals surface area contributed by atoms with Crippen molar-refractivity contribution in [1.82, 2.24) is 8.87 Å². The molecule has 2 aliphatic heterocycles. The highest BCUT2D eigenvalue weighted by molar-refractivity contribution is 7.90. The molecule has 5 aromatic rings. The molecule has 4 aromatic carbocycles. The van der Waals surface area contributed by atoms with Gasteiger partial charge in [0.2, 0.25) is 5.91 Å². The van der Waals surface area contributed by atoms with Crippen molar-refractivity contribution < 1.29 is 32.3 Å². The first kappa shape index (κ1) is 34.1. The van der Waals surface area contributed by atoms with Crippen LogP contribution in [0.1, 0.15) is 46.6 Å². The SMILES string of the molecule is C=C[C@@H]1[C@H](CC)[C@H]2OC[C@@H](c3ccccc3)N2C(=O)[C@]1(Cc1c(C=O)n(S(=O)(=O)c2ccccc2)c2ccccc12)C(=O)OCc1ccccc1. The maximum atomic E-state index is 15.4. The molecule has 0 radical (unpaired) electrons. The summed E-state index contributed by atoms with van der Waals surface area (Å²) in [7, 11) is -4.29. The predicted octanol–water partition coefficient (Wildman–Crippen LogP) is 6.73. The molecule has 0 unspecified atom stereocenters. The average Bonchev–Trinajstić information content (AvgIpc) is 3.76. The minimum absolute atomic E-state index is 0.0103. The number of ether oxygens (including phenoxy) is 2. The molecule has 10 heteroatoms. The number of para-hydroxylation sites is 1. The van der Waals surface area contributed by atoms with E-state index in [4.69, 9.17) is 9.47 Å². The number of rotatable bonds is 11. The smallest absolute Gasteiger partial charge is 0.322 e. The minimum atomic E-state index is -4.29. The largest absolute Gasteiger partial charge is 0.460 e. The van der Waals surface area contributed by atoms with Crippen LogP contribution >= 0.6 is 0 Å². The molecule has 9 nitrogen and oxygen atoms in total. The van der Waals surface area contributed by atoms with Gasteiger partial charge in [0.25, 0.3) is 10.0 Å². The molecule has 3 heterocycles. The Morgan fingerprint density at radius 1 is 0.941 bits per heavy atom. The number of hydrogen-bond acceptors (Lipinski definition) is 7. The van der Waals surface area contributed by atoms with E-state index in [2.05, 4.69) is 6.58 Å². The third-order valence-electron chi connectivity index (χ3n) is 10.4. The number of nitrogens with zero attached hydrogens (tertiary/aromatic N) is 2. The van der Waals surface area contributed by atoms with Crippen molar-refractivity contribution in [2.45, 2.75) is 43.5 Å². The lowest BCUT2D eigenvalue weighted by molar-refractivity contribution is -0.188. The standard InChI is InChI=1S/C41H38N2O7S/c1-3-31-34(4-2)41(40(46)50-26-28-16-8-5-9-17-28,39(45)42-37(27-49-38(31)42)29-18-10-6-11-19-29)24-33-32-22-14-15-23-35(32)43(36(33)25-44)51(47,48)30-20-12-7-13-21-30/h4-23,25,31,34,37-38H,2-3,24,26-27H2,1H3/t31-,34+,37-,38+,41+/m0/s1. The van der Waals surface area contributed by atoms with Gasteiger partial charge in [0, 0.05) is 23.6 Å². The van der Waals surface area contributed by atoms with E-state index < -0.39 is 45.5 Å². The van der Waals surface area contributed by atoms with Crippen molar-refractivity contribution in [3.8, 4) is 0 Å². The molecule has 0 N–H and O–H groups in total. The van der Waals surface area contributed by atoms with Crippen LogP contribution in [0.5, 0.6) is 0 Å². The van der Waals surface area contributed by atoms with E-state index in [1.54, 1.807) is 53.4 Å². The van der Waals surface area contributed by atoms with Gasteiger partial charge in [-0.15, -0.1) is 6.58 Å². The molecular formula is C41H38N2O7S. The molecule has 1 amide bonds.